The molecule has 112 valence electrons. The minimum atomic E-state index is 0.110. The lowest BCUT2D eigenvalue weighted by Crippen LogP contribution is -2.27. The van der Waals surface area contributed by atoms with E-state index < -0.39 is 0 Å². The zero-order chi connectivity index (χ0) is 14.7. The van der Waals surface area contributed by atoms with Crippen molar-refractivity contribution in [3.05, 3.63) is 28.8 Å². The van der Waals surface area contributed by atoms with Crippen LogP contribution in [0.4, 0.5) is 0 Å². The SMILES string of the molecule is CCC1CCCC(C(N)c2ccc(C)c(C)c2OC)C1. The summed E-state index contributed by atoms with van der Waals surface area (Å²) in [5.41, 5.74) is 10.3. The highest BCUT2D eigenvalue weighted by atomic mass is 16.5. The predicted molar refractivity (Wildman–Crippen MR) is 85.1 cm³/mol. The molecule has 2 heteroatoms. The molecule has 0 aromatic heterocycles. The van der Waals surface area contributed by atoms with Crippen LogP contribution in [-0.4, -0.2) is 7.11 Å². The molecule has 0 saturated heterocycles. The van der Waals surface area contributed by atoms with Crippen LogP contribution in [0.5, 0.6) is 5.75 Å². The third-order valence-corrected chi connectivity index (χ3v) is 5.18. The van der Waals surface area contributed by atoms with Crippen LogP contribution < -0.4 is 10.5 Å². The Balaban J connectivity index is 2.24. The van der Waals surface area contributed by atoms with Gasteiger partial charge in [0.1, 0.15) is 5.75 Å². The summed E-state index contributed by atoms with van der Waals surface area (Å²) in [5, 5.41) is 0. The van der Waals surface area contributed by atoms with Gasteiger partial charge in [-0.05, 0) is 49.7 Å². The highest BCUT2D eigenvalue weighted by Crippen LogP contribution is 2.40. The molecule has 2 nitrogen and oxygen atoms in total. The minimum Gasteiger partial charge on any atom is -0.496 e. The Morgan fingerprint density at radius 1 is 1.30 bits per heavy atom. The van der Waals surface area contributed by atoms with Crippen molar-refractivity contribution in [1.29, 1.82) is 0 Å². The van der Waals surface area contributed by atoms with Gasteiger partial charge in [-0.25, -0.2) is 0 Å². The number of methoxy groups -OCH3 is 1. The Labute approximate surface area is 123 Å². The number of ether oxygens (including phenoxy) is 1. The second-order valence-electron chi connectivity index (χ2n) is 6.36. The van der Waals surface area contributed by atoms with Crippen molar-refractivity contribution < 1.29 is 4.74 Å². The number of hydrogen-bond donors (Lipinski definition) is 1. The van der Waals surface area contributed by atoms with Crippen LogP contribution in [0.15, 0.2) is 12.1 Å². The molecule has 0 aliphatic heterocycles. The summed E-state index contributed by atoms with van der Waals surface area (Å²) in [6.07, 6.45) is 6.52. The van der Waals surface area contributed by atoms with Gasteiger partial charge in [-0.3, -0.25) is 0 Å². The van der Waals surface area contributed by atoms with Crippen molar-refractivity contribution in [3.63, 3.8) is 0 Å². The summed E-state index contributed by atoms with van der Waals surface area (Å²) in [5.74, 6) is 2.46. The molecule has 0 heterocycles. The molecule has 2 rings (SSSR count). The standard InChI is InChI=1S/C18H29NO/c1-5-14-7-6-8-15(11-14)17(19)16-10-9-12(2)13(3)18(16)20-4/h9-10,14-15,17H,5-8,11,19H2,1-4H3. The van der Waals surface area contributed by atoms with E-state index in [1.54, 1.807) is 7.11 Å². The fourth-order valence-electron chi connectivity index (χ4n) is 3.63. The van der Waals surface area contributed by atoms with Crippen molar-refractivity contribution in [2.75, 3.05) is 7.11 Å². The largest absolute Gasteiger partial charge is 0.496 e. The predicted octanol–water partition coefficient (Wildman–Crippen LogP) is 4.53. The van der Waals surface area contributed by atoms with E-state index >= 15 is 0 Å². The first-order chi connectivity index (χ1) is 9.58. The van der Waals surface area contributed by atoms with Gasteiger partial charge >= 0.3 is 0 Å². The highest BCUT2D eigenvalue weighted by molar-refractivity contribution is 5.46. The lowest BCUT2D eigenvalue weighted by molar-refractivity contribution is 0.228. The van der Waals surface area contributed by atoms with Crippen molar-refractivity contribution >= 4 is 0 Å². The van der Waals surface area contributed by atoms with E-state index in [4.69, 9.17) is 10.5 Å². The van der Waals surface area contributed by atoms with E-state index in [2.05, 4.69) is 32.9 Å². The minimum absolute atomic E-state index is 0.110. The Hall–Kier alpha value is -1.02. The molecule has 1 fully saturated rings. The summed E-state index contributed by atoms with van der Waals surface area (Å²) >= 11 is 0. The summed E-state index contributed by atoms with van der Waals surface area (Å²) in [6, 6.07) is 4.45. The second kappa shape index (κ2) is 6.62. The van der Waals surface area contributed by atoms with Gasteiger partial charge in [-0.1, -0.05) is 38.3 Å². The summed E-state index contributed by atoms with van der Waals surface area (Å²) in [4.78, 5) is 0. The summed E-state index contributed by atoms with van der Waals surface area (Å²) < 4.78 is 5.64. The third kappa shape index (κ3) is 3.01. The fraction of sp³-hybridized carbons (Fsp3) is 0.667. The maximum absolute atomic E-state index is 6.60. The molecule has 3 atom stereocenters. The smallest absolute Gasteiger partial charge is 0.126 e. The van der Waals surface area contributed by atoms with Gasteiger partial charge in [0.15, 0.2) is 0 Å². The van der Waals surface area contributed by atoms with Gasteiger partial charge in [0.25, 0.3) is 0 Å². The summed E-state index contributed by atoms with van der Waals surface area (Å²) in [6.45, 7) is 6.55. The van der Waals surface area contributed by atoms with Crippen LogP contribution in [0, 0.1) is 25.7 Å². The summed E-state index contributed by atoms with van der Waals surface area (Å²) in [7, 11) is 1.76. The number of benzene rings is 1. The maximum Gasteiger partial charge on any atom is 0.126 e. The van der Waals surface area contributed by atoms with Crippen LogP contribution in [0.2, 0.25) is 0 Å². The number of rotatable bonds is 4. The van der Waals surface area contributed by atoms with Crippen molar-refractivity contribution in [2.24, 2.45) is 17.6 Å². The number of aryl methyl sites for hydroxylation is 1. The van der Waals surface area contributed by atoms with Gasteiger partial charge in [-0.15, -0.1) is 0 Å². The first-order valence-corrected chi connectivity index (χ1v) is 7.98. The molecule has 1 aromatic rings. The first-order valence-electron chi connectivity index (χ1n) is 7.98. The van der Waals surface area contributed by atoms with Gasteiger partial charge in [-0.2, -0.15) is 0 Å². The van der Waals surface area contributed by atoms with Crippen molar-refractivity contribution in [3.8, 4) is 5.75 Å². The molecule has 1 aromatic carbocycles. The second-order valence-corrected chi connectivity index (χ2v) is 6.36. The monoisotopic (exact) mass is 275 g/mol. The Bertz CT molecular complexity index is 455. The molecule has 0 amide bonds. The van der Waals surface area contributed by atoms with Crippen LogP contribution in [0.3, 0.4) is 0 Å². The molecule has 2 N–H and O–H groups in total. The maximum atomic E-state index is 6.60. The molecule has 1 aliphatic rings. The molecular weight excluding hydrogens is 246 g/mol. The van der Waals surface area contributed by atoms with Crippen molar-refractivity contribution in [1.82, 2.24) is 0 Å². The van der Waals surface area contributed by atoms with Gasteiger partial charge in [0, 0.05) is 11.6 Å². The quantitative estimate of drug-likeness (QED) is 0.876. The highest BCUT2D eigenvalue weighted by Gasteiger charge is 2.28. The van der Waals surface area contributed by atoms with E-state index in [1.165, 1.54) is 48.8 Å². The number of hydrogen-bond acceptors (Lipinski definition) is 2. The van der Waals surface area contributed by atoms with Crippen LogP contribution >= 0.6 is 0 Å². The Morgan fingerprint density at radius 2 is 2.05 bits per heavy atom. The normalized spacial score (nSPS) is 24.4. The molecule has 0 radical (unpaired) electrons. The molecule has 0 spiro atoms. The fourth-order valence-corrected chi connectivity index (χ4v) is 3.63. The molecular formula is C18H29NO. The molecule has 20 heavy (non-hydrogen) atoms. The van der Waals surface area contributed by atoms with Gasteiger partial charge < -0.3 is 10.5 Å². The average molecular weight is 275 g/mol. The molecule has 1 aliphatic carbocycles. The lowest BCUT2D eigenvalue weighted by atomic mass is 9.75. The third-order valence-electron chi connectivity index (χ3n) is 5.18. The van der Waals surface area contributed by atoms with Gasteiger partial charge in [0.2, 0.25) is 0 Å². The van der Waals surface area contributed by atoms with Crippen LogP contribution in [0.1, 0.15) is 61.8 Å². The zero-order valence-corrected chi connectivity index (χ0v) is 13.4. The van der Waals surface area contributed by atoms with Crippen molar-refractivity contribution in [2.45, 2.75) is 58.9 Å². The van der Waals surface area contributed by atoms with Crippen LogP contribution in [0.25, 0.3) is 0 Å². The zero-order valence-electron chi connectivity index (χ0n) is 13.4. The van der Waals surface area contributed by atoms with Gasteiger partial charge in [0.05, 0.1) is 7.11 Å². The first kappa shape index (κ1) is 15.4. The Kier molecular flexibility index (Phi) is 5.09. The van der Waals surface area contributed by atoms with E-state index in [0.717, 1.165) is 11.7 Å². The molecule has 1 saturated carbocycles. The van der Waals surface area contributed by atoms with Crippen LogP contribution in [-0.2, 0) is 0 Å². The topological polar surface area (TPSA) is 35.2 Å². The Morgan fingerprint density at radius 3 is 2.70 bits per heavy atom. The number of nitrogens with two attached hydrogens (primary N) is 1. The van der Waals surface area contributed by atoms with E-state index in [0.29, 0.717) is 5.92 Å². The van der Waals surface area contributed by atoms with E-state index in [9.17, 15) is 0 Å². The average Bonchev–Trinajstić information content (AvgIpc) is 2.49. The van der Waals surface area contributed by atoms with E-state index in [1.807, 2.05) is 0 Å². The lowest BCUT2D eigenvalue weighted by Gasteiger charge is -2.33. The molecule has 0 bridgehead atoms. The van der Waals surface area contributed by atoms with E-state index in [-0.39, 0.29) is 6.04 Å². The molecule has 3 unspecified atom stereocenters.